The highest BCUT2D eigenvalue weighted by Gasteiger charge is 2.18. The van der Waals surface area contributed by atoms with Crippen molar-refractivity contribution in [3.63, 3.8) is 0 Å². The molecule has 27 heavy (non-hydrogen) atoms. The Hall–Kier alpha value is -2.97. The van der Waals surface area contributed by atoms with E-state index in [4.69, 9.17) is 0 Å². The number of nitrogens with zero attached hydrogens (tertiary/aromatic N) is 2. The normalized spacial score (nSPS) is 11.7. The number of pyridine rings is 1. The van der Waals surface area contributed by atoms with Gasteiger partial charge in [-0.05, 0) is 29.0 Å². The van der Waals surface area contributed by atoms with Crippen molar-refractivity contribution in [2.75, 3.05) is 19.4 Å². The van der Waals surface area contributed by atoms with E-state index in [0.717, 1.165) is 25.7 Å². The summed E-state index contributed by atoms with van der Waals surface area (Å²) < 4.78 is 26.5. The Labute approximate surface area is 156 Å². The average molecular weight is 385 g/mol. The van der Waals surface area contributed by atoms with E-state index >= 15 is 0 Å². The fourth-order valence-corrected chi connectivity index (χ4v) is 3.54. The molecule has 1 heterocycles. The molecule has 0 aliphatic rings. The Morgan fingerprint density at radius 3 is 2.44 bits per heavy atom. The number of benzene rings is 2. The highest BCUT2D eigenvalue weighted by molar-refractivity contribution is 7.89. The van der Waals surface area contributed by atoms with Crippen LogP contribution in [0.25, 0.3) is 10.8 Å². The molecule has 3 rings (SSSR count). The Morgan fingerprint density at radius 1 is 1.04 bits per heavy atom. The summed E-state index contributed by atoms with van der Waals surface area (Å²) in [4.78, 5) is 24.3. The van der Waals surface area contributed by atoms with Crippen molar-refractivity contribution in [3.8, 4) is 0 Å². The van der Waals surface area contributed by atoms with E-state index in [9.17, 15) is 18.0 Å². The van der Waals surface area contributed by atoms with Gasteiger partial charge in [-0.2, -0.15) is 0 Å². The number of aromatic nitrogens is 1. The Morgan fingerprint density at radius 2 is 1.74 bits per heavy atom. The number of nitrogens with one attached hydrogen (secondary N) is 1. The fourth-order valence-electron chi connectivity index (χ4n) is 2.62. The molecule has 8 heteroatoms. The van der Waals surface area contributed by atoms with Crippen molar-refractivity contribution in [1.29, 1.82) is 0 Å². The van der Waals surface area contributed by atoms with Crippen molar-refractivity contribution in [1.82, 2.24) is 8.87 Å². The molecule has 1 amide bonds. The van der Waals surface area contributed by atoms with E-state index < -0.39 is 21.5 Å². The second-order valence-electron chi connectivity index (χ2n) is 6.23. The lowest BCUT2D eigenvalue weighted by Crippen LogP contribution is -2.29. The minimum Gasteiger partial charge on any atom is -0.325 e. The molecule has 0 unspecified atom stereocenters. The molecule has 0 fully saturated rings. The van der Waals surface area contributed by atoms with Gasteiger partial charge in [0.2, 0.25) is 15.9 Å². The number of hydrogen-bond acceptors (Lipinski definition) is 4. The number of sulfonamides is 1. The molecule has 0 atom stereocenters. The van der Waals surface area contributed by atoms with Crippen LogP contribution >= 0.6 is 0 Å². The molecule has 0 saturated carbocycles. The number of hydrogen-bond donors (Lipinski definition) is 1. The summed E-state index contributed by atoms with van der Waals surface area (Å²) in [5.74, 6) is -0.424. The monoisotopic (exact) mass is 385 g/mol. The van der Waals surface area contributed by atoms with Crippen LogP contribution in [0.15, 0.2) is 70.5 Å². The van der Waals surface area contributed by atoms with Crippen molar-refractivity contribution >= 4 is 32.4 Å². The van der Waals surface area contributed by atoms with Crippen LogP contribution in [0.3, 0.4) is 0 Å². The molecule has 2 aromatic carbocycles. The molecule has 0 spiro atoms. The van der Waals surface area contributed by atoms with E-state index in [1.54, 1.807) is 6.07 Å². The quantitative estimate of drug-likeness (QED) is 0.726. The third-order valence-electron chi connectivity index (χ3n) is 4.08. The van der Waals surface area contributed by atoms with Gasteiger partial charge >= 0.3 is 0 Å². The minimum atomic E-state index is -3.69. The first kappa shape index (κ1) is 18.8. The zero-order valence-corrected chi connectivity index (χ0v) is 15.7. The maximum atomic E-state index is 12.3. The number of carbonyl (C=O) groups is 1. The van der Waals surface area contributed by atoms with Crippen LogP contribution in [0, 0.1) is 0 Å². The van der Waals surface area contributed by atoms with Crippen molar-refractivity contribution in [2.45, 2.75) is 11.4 Å². The van der Waals surface area contributed by atoms with Crippen LogP contribution < -0.4 is 10.9 Å². The molecule has 1 N–H and O–H groups in total. The minimum absolute atomic E-state index is 0.0504. The standard InChI is InChI=1S/C19H19N3O4S/c1-21(2)27(25,26)17-9-10-19(24)22(12-17)13-18(23)20-16-8-7-14-5-3-4-6-15(14)11-16/h3-12H,13H2,1-2H3,(H,20,23). The number of anilines is 1. The molecule has 140 valence electrons. The van der Waals surface area contributed by atoms with E-state index in [-0.39, 0.29) is 11.4 Å². The fraction of sp³-hybridized carbons (Fsp3) is 0.158. The predicted molar refractivity (Wildman–Crippen MR) is 104 cm³/mol. The number of amides is 1. The summed E-state index contributed by atoms with van der Waals surface area (Å²) in [6.07, 6.45) is 1.18. The Kier molecular flexibility index (Phi) is 5.11. The number of fused-ring (bicyclic) bond motifs is 1. The Balaban J connectivity index is 1.82. The van der Waals surface area contributed by atoms with Gasteiger partial charge in [0.05, 0.1) is 4.90 Å². The second-order valence-corrected chi connectivity index (χ2v) is 8.38. The third kappa shape index (κ3) is 4.07. The van der Waals surface area contributed by atoms with Crippen molar-refractivity contribution in [2.24, 2.45) is 0 Å². The first-order valence-corrected chi connectivity index (χ1v) is 9.63. The van der Waals surface area contributed by atoms with Crippen LogP contribution in [0.2, 0.25) is 0 Å². The highest BCUT2D eigenvalue weighted by Crippen LogP contribution is 2.19. The SMILES string of the molecule is CN(C)S(=O)(=O)c1ccc(=O)n(CC(=O)Nc2ccc3ccccc3c2)c1. The zero-order chi connectivity index (χ0) is 19.6. The van der Waals surface area contributed by atoms with Crippen LogP contribution in [-0.4, -0.2) is 37.3 Å². The third-order valence-corrected chi connectivity index (χ3v) is 5.88. The summed E-state index contributed by atoms with van der Waals surface area (Å²) in [7, 11) is -0.893. The molecular weight excluding hydrogens is 366 g/mol. The average Bonchev–Trinajstić information content (AvgIpc) is 2.63. The zero-order valence-electron chi connectivity index (χ0n) is 14.9. The van der Waals surface area contributed by atoms with Crippen LogP contribution in [0.1, 0.15) is 0 Å². The summed E-state index contributed by atoms with van der Waals surface area (Å²) in [5, 5.41) is 4.76. The second kappa shape index (κ2) is 7.34. The summed E-state index contributed by atoms with van der Waals surface area (Å²) >= 11 is 0. The van der Waals surface area contributed by atoms with Gasteiger partial charge in [-0.3, -0.25) is 9.59 Å². The summed E-state index contributed by atoms with van der Waals surface area (Å²) in [6.45, 7) is -0.289. The first-order chi connectivity index (χ1) is 12.8. The highest BCUT2D eigenvalue weighted by atomic mass is 32.2. The van der Waals surface area contributed by atoms with Gasteiger partial charge in [0.25, 0.3) is 5.56 Å². The van der Waals surface area contributed by atoms with Crippen LogP contribution in [0.5, 0.6) is 0 Å². The van der Waals surface area contributed by atoms with E-state index in [1.807, 2.05) is 36.4 Å². The largest absolute Gasteiger partial charge is 0.325 e. The molecule has 0 radical (unpaired) electrons. The Bertz CT molecular complexity index is 1170. The molecule has 0 aliphatic heterocycles. The molecule has 0 saturated heterocycles. The van der Waals surface area contributed by atoms with Gasteiger partial charge in [0.15, 0.2) is 0 Å². The van der Waals surface area contributed by atoms with E-state index in [2.05, 4.69) is 5.32 Å². The molecule has 7 nitrogen and oxygen atoms in total. The lowest BCUT2D eigenvalue weighted by molar-refractivity contribution is -0.116. The van der Waals surface area contributed by atoms with Gasteiger partial charge in [-0.15, -0.1) is 0 Å². The van der Waals surface area contributed by atoms with Crippen LogP contribution in [-0.2, 0) is 21.4 Å². The summed E-state index contributed by atoms with van der Waals surface area (Å²) in [5.41, 5.74) is 0.144. The van der Waals surface area contributed by atoms with Gasteiger partial charge in [0, 0.05) is 32.0 Å². The van der Waals surface area contributed by atoms with Gasteiger partial charge in [-0.25, -0.2) is 12.7 Å². The molecule has 0 bridgehead atoms. The first-order valence-electron chi connectivity index (χ1n) is 8.19. The van der Waals surface area contributed by atoms with Crippen LogP contribution in [0.4, 0.5) is 5.69 Å². The topological polar surface area (TPSA) is 88.5 Å². The maximum Gasteiger partial charge on any atom is 0.251 e. The maximum absolute atomic E-state index is 12.3. The molecule has 1 aromatic heterocycles. The van der Waals surface area contributed by atoms with Crippen molar-refractivity contribution in [3.05, 3.63) is 71.1 Å². The lowest BCUT2D eigenvalue weighted by Gasteiger charge is -2.13. The van der Waals surface area contributed by atoms with Gasteiger partial charge in [-0.1, -0.05) is 30.3 Å². The summed E-state index contributed by atoms with van der Waals surface area (Å²) in [6, 6.07) is 15.6. The lowest BCUT2D eigenvalue weighted by atomic mass is 10.1. The number of rotatable bonds is 5. The van der Waals surface area contributed by atoms with Gasteiger partial charge in [0.1, 0.15) is 6.54 Å². The van der Waals surface area contributed by atoms with Crippen molar-refractivity contribution < 1.29 is 13.2 Å². The molecule has 3 aromatic rings. The smallest absolute Gasteiger partial charge is 0.251 e. The van der Waals surface area contributed by atoms with E-state index in [1.165, 1.54) is 26.4 Å². The molecular formula is C19H19N3O4S. The molecule has 0 aliphatic carbocycles. The number of carbonyl (C=O) groups excluding carboxylic acids is 1. The van der Waals surface area contributed by atoms with E-state index in [0.29, 0.717) is 5.69 Å². The predicted octanol–water partition coefficient (Wildman–Crippen LogP) is 1.89. The van der Waals surface area contributed by atoms with Gasteiger partial charge < -0.3 is 9.88 Å².